The average molecular weight is 580 g/mol. The molecule has 3 heterocycles. The van der Waals surface area contributed by atoms with Gasteiger partial charge in [0.15, 0.2) is 11.5 Å². The number of amides is 1. The quantitative estimate of drug-likeness (QED) is 0.174. The van der Waals surface area contributed by atoms with Crippen LogP contribution in [0.15, 0.2) is 66.2 Å². The van der Waals surface area contributed by atoms with Crippen molar-refractivity contribution in [3.05, 3.63) is 72.2 Å². The number of imidazole rings is 1. The molecule has 0 aliphatic rings. The molecule has 0 atom stereocenters. The van der Waals surface area contributed by atoms with Crippen molar-refractivity contribution in [3.63, 3.8) is 0 Å². The molecular weight excluding hydrogens is 552 g/mol. The fourth-order valence-electron chi connectivity index (χ4n) is 4.26. The number of hydrogen-bond donors (Lipinski definition) is 1. The second kappa shape index (κ2) is 12.3. The third-order valence-electron chi connectivity index (χ3n) is 6.32. The van der Waals surface area contributed by atoms with Crippen LogP contribution in [0.1, 0.15) is 22.3 Å². The number of hydrogen-bond acceptors (Lipinski definition) is 9. The van der Waals surface area contributed by atoms with Gasteiger partial charge in [-0.25, -0.2) is 14.6 Å². The molecular formula is C27H27F2N9O2S. The van der Waals surface area contributed by atoms with Gasteiger partial charge in [-0.3, -0.25) is 9.20 Å². The minimum Gasteiger partial charge on any atom is -0.435 e. The Bertz CT molecular complexity index is 1660. The Kier molecular flexibility index (Phi) is 8.38. The number of fused-ring (bicyclic) bond motifs is 1. The number of rotatable bonds is 11. The van der Waals surface area contributed by atoms with Gasteiger partial charge in [0.25, 0.3) is 5.91 Å². The summed E-state index contributed by atoms with van der Waals surface area (Å²) in [5, 5.41) is 15.4. The summed E-state index contributed by atoms with van der Waals surface area (Å²) in [6, 6.07) is 11.9. The van der Waals surface area contributed by atoms with Crippen LogP contribution in [0.3, 0.4) is 0 Å². The first kappa shape index (κ1) is 28.0. The SMILES string of the molecule is Cc1cc(Nc2nccn3c(-c4ccc(OC(F)F)cc4)cnc23)ccc1C(=O)N(C)CCCSc1nnnn1C. The fraction of sp³-hybridized carbons (Fsp3) is 0.259. The van der Waals surface area contributed by atoms with E-state index in [-0.39, 0.29) is 11.7 Å². The highest BCUT2D eigenvalue weighted by Gasteiger charge is 2.16. The van der Waals surface area contributed by atoms with Crippen molar-refractivity contribution in [3.8, 4) is 17.0 Å². The van der Waals surface area contributed by atoms with E-state index in [0.717, 1.165) is 39.8 Å². The molecule has 5 aromatic rings. The second-order valence-corrected chi connectivity index (χ2v) is 10.2. The minimum atomic E-state index is -2.88. The molecule has 212 valence electrons. The van der Waals surface area contributed by atoms with E-state index >= 15 is 0 Å². The van der Waals surface area contributed by atoms with Crippen molar-refractivity contribution < 1.29 is 18.3 Å². The number of anilines is 2. The number of ether oxygens (including phenoxy) is 1. The smallest absolute Gasteiger partial charge is 0.387 e. The van der Waals surface area contributed by atoms with E-state index in [1.54, 1.807) is 72.2 Å². The first-order valence-electron chi connectivity index (χ1n) is 12.7. The first-order valence-corrected chi connectivity index (χ1v) is 13.6. The lowest BCUT2D eigenvalue weighted by atomic mass is 10.1. The third kappa shape index (κ3) is 6.43. The van der Waals surface area contributed by atoms with Crippen LogP contribution in [0, 0.1) is 6.92 Å². The molecule has 0 unspecified atom stereocenters. The number of aromatic nitrogens is 7. The van der Waals surface area contributed by atoms with Gasteiger partial charge in [0, 0.05) is 55.6 Å². The highest BCUT2D eigenvalue weighted by Crippen LogP contribution is 2.28. The summed E-state index contributed by atoms with van der Waals surface area (Å²) in [4.78, 5) is 23.8. The number of aryl methyl sites for hydroxylation is 2. The Hall–Kier alpha value is -4.59. The lowest BCUT2D eigenvalue weighted by Crippen LogP contribution is -2.28. The van der Waals surface area contributed by atoms with Crippen molar-refractivity contribution in [1.29, 1.82) is 0 Å². The topological polar surface area (TPSA) is 115 Å². The number of carbonyl (C=O) groups is 1. The molecule has 11 nitrogen and oxygen atoms in total. The van der Waals surface area contributed by atoms with Gasteiger partial charge in [-0.05, 0) is 71.8 Å². The molecule has 1 N–H and O–H groups in total. The molecule has 3 aromatic heterocycles. The molecule has 0 spiro atoms. The molecule has 2 aromatic carbocycles. The second-order valence-electron chi connectivity index (χ2n) is 9.18. The highest BCUT2D eigenvalue weighted by molar-refractivity contribution is 7.99. The van der Waals surface area contributed by atoms with E-state index in [4.69, 9.17) is 0 Å². The van der Waals surface area contributed by atoms with Gasteiger partial charge in [-0.1, -0.05) is 11.8 Å². The van der Waals surface area contributed by atoms with Crippen LogP contribution in [-0.4, -0.2) is 71.3 Å². The number of tetrazole rings is 1. The summed E-state index contributed by atoms with van der Waals surface area (Å²) < 4.78 is 32.9. The number of halogens is 2. The molecule has 0 saturated carbocycles. The number of carbonyl (C=O) groups excluding carboxylic acids is 1. The first-order chi connectivity index (χ1) is 19.8. The van der Waals surface area contributed by atoms with E-state index in [1.165, 1.54) is 12.1 Å². The maximum atomic E-state index is 13.1. The Morgan fingerprint density at radius 1 is 1.17 bits per heavy atom. The van der Waals surface area contributed by atoms with Gasteiger partial charge in [-0.2, -0.15) is 8.78 Å². The van der Waals surface area contributed by atoms with E-state index in [1.807, 2.05) is 23.5 Å². The fourth-order valence-corrected chi connectivity index (χ4v) is 5.04. The summed E-state index contributed by atoms with van der Waals surface area (Å²) in [6.45, 7) is -0.379. The Labute approximate surface area is 238 Å². The number of alkyl halides is 2. The molecule has 0 radical (unpaired) electrons. The molecule has 0 bridgehead atoms. The maximum absolute atomic E-state index is 13.1. The monoisotopic (exact) mass is 579 g/mol. The average Bonchev–Trinajstić information content (AvgIpc) is 3.57. The number of thioether (sulfide) groups is 1. The van der Waals surface area contributed by atoms with E-state index < -0.39 is 6.61 Å². The third-order valence-corrected chi connectivity index (χ3v) is 7.42. The lowest BCUT2D eigenvalue weighted by Gasteiger charge is -2.19. The normalized spacial score (nSPS) is 11.3. The van der Waals surface area contributed by atoms with E-state index in [0.29, 0.717) is 23.6 Å². The summed E-state index contributed by atoms with van der Waals surface area (Å²) in [6.07, 6.45) is 5.91. The van der Waals surface area contributed by atoms with E-state index in [2.05, 4.69) is 35.5 Å². The molecule has 14 heteroatoms. The van der Waals surface area contributed by atoms with Gasteiger partial charge in [0.1, 0.15) is 5.75 Å². The van der Waals surface area contributed by atoms with Crippen LogP contribution < -0.4 is 10.1 Å². The summed E-state index contributed by atoms with van der Waals surface area (Å²) in [7, 11) is 3.59. The zero-order chi connectivity index (χ0) is 28.9. The highest BCUT2D eigenvalue weighted by atomic mass is 32.2. The zero-order valence-corrected chi connectivity index (χ0v) is 23.3. The van der Waals surface area contributed by atoms with Crippen molar-refractivity contribution in [2.45, 2.75) is 25.1 Å². The molecule has 0 fully saturated rings. The van der Waals surface area contributed by atoms with Gasteiger partial charge >= 0.3 is 6.61 Å². The largest absolute Gasteiger partial charge is 0.435 e. The van der Waals surface area contributed by atoms with Crippen LogP contribution in [0.25, 0.3) is 16.9 Å². The van der Waals surface area contributed by atoms with Gasteiger partial charge in [0.05, 0.1) is 11.9 Å². The van der Waals surface area contributed by atoms with Gasteiger partial charge in [0.2, 0.25) is 5.16 Å². The predicted molar refractivity (Wildman–Crippen MR) is 151 cm³/mol. The summed E-state index contributed by atoms with van der Waals surface area (Å²) >= 11 is 1.55. The Morgan fingerprint density at radius 2 is 1.98 bits per heavy atom. The molecule has 5 rings (SSSR count). The van der Waals surface area contributed by atoms with E-state index in [9.17, 15) is 13.6 Å². The lowest BCUT2D eigenvalue weighted by molar-refractivity contribution is -0.0498. The molecule has 0 aliphatic carbocycles. The molecule has 1 amide bonds. The van der Waals surface area contributed by atoms with Crippen LogP contribution in [0.2, 0.25) is 0 Å². The number of nitrogens with one attached hydrogen (secondary N) is 1. The van der Waals surface area contributed by atoms with Crippen LogP contribution in [-0.2, 0) is 7.05 Å². The molecule has 41 heavy (non-hydrogen) atoms. The summed E-state index contributed by atoms with van der Waals surface area (Å²) in [5.74, 6) is 1.35. The standard InChI is InChI=1S/C27H27F2N9O2S/c1-17-15-19(7-10-21(17)25(39)36(2)12-4-14-41-27-33-34-35-37(27)3)32-23-24-31-16-22(38(24)13-11-30-23)18-5-8-20(9-6-18)40-26(28)29/h5-11,13,15-16,26H,4,12,14H2,1-3H3,(H,30,32). The minimum absolute atomic E-state index is 0.0533. The van der Waals surface area contributed by atoms with Crippen molar-refractivity contribution in [2.24, 2.45) is 7.05 Å². The zero-order valence-electron chi connectivity index (χ0n) is 22.5. The van der Waals surface area contributed by atoms with Crippen molar-refractivity contribution in [2.75, 3.05) is 24.7 Å². The van der Waals surface area contributed by atoms with Crippen LogP contribution in [0.4, 0.5) is 20.3 Å². The summed E-state index contributed by atoms with van der Waals surface area (Å²) in [5.41, 5.74) is 4.34. The van der Waals surface area contributed by atoms with Gasteiger partial charge < -0.3 is 15.0 Å². The number of benzene rings is 2. The number of nitrogens with zero attached hydrogens (tertiary/aromatic N) is 8. The van der Waals surface area contributed by atoms with Crippen molar-refractivity contribution in [1.82, 2.24) is 39.5 Å². The molecule has 0 saturated heterocycles. The Balaban J connectivity index is 1.24. The van der Waals surface area contributed by atoms with Crippen LogP contribution in [0.5, 0.6) is 5.75 Å². The van der Waals surface area contributed by atoms with Gasteiger partial charge in [-0.15, -0.1) is 5.10 Å². The van der Waals surface area contributed by atoms with Crippen LogP contribution >= 0.6 is 11.8 Å². The molecule has 0 aliphatic heterocycles. The van der Waals surface area contributed by atoms with Crippen molar-refractivity contribution >= 4 is 34.8 Å². The Morgan fingerprint density at radius 3 is 2.68 bits per heavy atom. The predicted octanol–water partition coefficient (Wildman–Crippen LogP) is 4.83. The maximum Gasteiger partial charge on any atom is 0.387 e.